The molecule has 1 atom stereocenters. The van der Waals surface area contributed by atoms with E-state index < -0.39 is 6.04 Å². The minimum absolute atomic E-state index is 0.240. The van der Waals surface area contributed by atoms with Gasteiger partial charge in [0.15, 0.2) is 0 Å². The van der Waals surface area contributed by atoms with E-state index in [2.05, 4.69) is 31.8 Å². The first-order chi connectivity index (χ1) is 12.5. The predicted molar refractivity (Wildman–Crippen MR) is 107 cm³/mol. The van der Waals surface area contributed by atoms with Crippen LogP contribution in [0, 0.1) is 6.92 Å². The summed E-state index contributed by atoms with van der Waals surface area (Å²) in [5, 5.41) is 7.20. The molecule has 0 aliphatic heterocycles. The van der Waals surface area contributed by atoms with Gasteiger partial charge in [0, 0.05) is 17.3 Å². The number of amides is 1. The third-order valence-electron chi connectivity index (χ3n) is 3.79. The highest BCUT2D eigenvalue weighted by Crippen LogP contribution is 2.31. The fourth-order valence-corrected chi connectivity index (χ4v) is 2.80. The zero-order chi connectivity index (χ0) is 19.1. The van der Waals surface area contributed by atoms with Crippen LogP contribution in [0.5, 0.6) is 11.5 Å². The van der Waals surface area contributed by atoms with Gasteiger partial charge in [-0.1, -0.05) is 18.2 Å². The Kier molecular flexibility index (Phi) is 7.03. The van der Waals surface area contributed by atoms with Crippen molar-refractivity contribution in [3.8, 4) is 11.5 Å². The van der Waals surface area contributed by atoms with Crippen LogP contribution < -0.4 is 20.2 Å². The number of rotatable bonds is 7. The number of aryl methyl sites for hydroxylation is 1. The van der Waals surface area contributed by atoms with Crippen molar-refractivity contribution in [2.45, 2.75) is 19.9 Å². The summed E-state index contributed by atoms with van der Waals surface area (Å²) in [5.74, 6) is 1.00. The standard InChI is InChI=1S/C19H22BrN3O3/c1-12-7-5-6-8-16(12)22-13(2)19(24)23-21-11-14-9-15(20)18(26-4)10-17(14)25-3/h5-11,13,22H,1-4H3,(H,23,24)/b21-11+. The van der Waals surface area contributed by atoms with Gasteiger partial charge in [-0.15, -0.1) is 0 Å². The number of hydrogen-bond donors (Lipinski definition) is 2. The van der Waals surface area contributed by atoms with Crippen molar-refractivity contribution >= 4 is 33.7 Å². The average molecular weight is 420 g/mol. The molecule has 26 heavy (non-hydrogen) atoms. The monoisotopic (exact) mass is 419 g/mol. The quantitative estimate of drug-likeness (QED) is 0.529. The lowest BCUT2D eigenvalue weighted by Crippen LogP contribution is -2.35. The lowest BCUT2D eigenvalue weighted by molar-refractivity contribution is -0.121. The van der Waals surface area contributed by atoms with Crippen LogP contribution in [0.2, 0.25) is 0 Å². The Bertz CT molecular complexity index is 809. The largest absolute Gasteiger partial charge is 0.496 e. The van der Waals surface area contributed by atoms with Gasteiger partial charge in [0.25, 0.3) is 5.91 Å². The Hall–Kier alpha value is -2.54. The number of halogens is 1. The van der Waals surface area contributed by atoms with Crippen LogP contribution in [-0.4, -0.2) is 32.4 Å². The number of hydrogen-bond acceptors (Lipinski definition) is 5. The Morgan fingerprint density at radius 3 is 2.54 bits per heavy atom. The van der Waals surface area contributed by atoms with E-state index >= 15 is 0 Å². The summed E-state index contributed by atoms with van der Waals surface area (Å²) in [6.07, 6.45) is 1.53. The molecule has 0 aliphatic rings. The summed E-state index contributed by atoms with van der Waals surface area (Å²) < 4.78 is 11.3. The molecule has 0 saturated carbocycles. The van der Waals surface area contributed by atoms with Crippen molar-refractivity contribution in [3.05, 3.63) is 52.0 Å². The second kappa shape index (κ2) is 9.24. The number of anilines is 1. The van der Waals surface area contributed by atoms with E-state index in [0.717, 1.165) is 15.7 Å². The first kappa shape index (κ1) is 19.8. The molecule has 0 radical (unpaired) electrons. The number of nitrogens with one attached hydrogen (secondary N) is 2. The Balaban J connectivity index is 2.02. The number of para-hydroxylation sites is 1. The van der Waals surface area contributed by atoms with Crippen LogP contribution in [0.15, 0.2) is 46.0 Å². The molecule has 0 bridgehead atoms. The molecule has 1 amide bonds. The average Bonchev–Trinajstić information content (AvgIpc) is 2.63. The molecule has 0 aromatic heterocycles. The van der Waals surface area contributed by atoms with Crippen molar-refractivity contribution < 1.29 is 14.3 Å². The molecule has 7 heteroatoms. The molecular formula is C19H22BrN3O3. The van der Waals surface area contributed by atoms with Crippen molar-refractivity contribution in [1.29, 1.82) is 0 Å². The van der Waals surface area contributed by atoms with Gasteiger partial charge in [0.05, 0.1) is 24.9 Å². The zero-order valence-corrected chi connectivity index (χ0v) is 16.8. The van der Waals surface area contributed by atoms with Gasteiger partial charge < -0.3 is 14.8 Å². The maximum Gasteiger partial charge on any atom is 0.262 e. The molecule has 6 nitrogen and oxygen atoms in total. The topological polar surface area (TPSA) is 72.0 Å². The molecule has 2 rings (SSSR count). The highest BCUT2D eigenvalue weighted by molar-refractivity contribution is 9.10. The van der Waals surface area contributed by atoms with Crippen LogP contribution in [-0.2, 0) is 4.79 Å². The fraction of sp³-hybridized carbons (Fsp3) is 0.263. The third kappa shape index (κ3) is 4.98. The highest BCUT2D eigenvalue weighted by Gasteiger charge is 2.13. The van der Waals surface area contributed by atoms with Crippen molar-refractivity contribution in [1.82, 2.24) is 5.43 Å². The number of carbonyl (C=O) groups is 1. The summed E-state index contributed by atoms with van der Waals surface area (Å²) in [6.45, 7) is 3.76. The molecule has 0 aliphatic carbocycles. The van der Waals surface area contributed by atoms with Crippen LogP contribution >= 0.6 is 15.9 Å². The smallest absolute Gasteiger partial charge is 0.262 e. The Morgan fingerprint density at radius 1 is 1.19 bits per heavy atom. The van der Waals surface area contributed by atoms with Crippen LogP contribution in [0.1, 0.15) is 18.1 Å². The van der Waals surface area contributed by atoms with Gasteiger partial charge in [-0.2, -0.15) is 5.10 Å². The maximum atomic E-state index is 12.2. The Labute approximate surface area is 161 Å². The Morgan fingerprint density at radius 2 is 1.88 bits per heavy atom. The number of methoxy groups -OCH3 is 2. The summed E-state index contributed by atoms with van der Waals surface area (Å²) in [6, 6.07) is 10.9. The number of nitrogens with zero attached hydrogens (tertiary/aromatic N) is 1. The molecule has 0 fully saturated rings. The minimum atomic E-state index is -0.433. The number of hydrazone groups is 1. The van der Waals surface area contributed by atoms with Gasteiger partial charge in [0.1, 0.15) is 17.5 Å². The van der Waals surface area contributed by atoms with Gasteiger partial charge in [-0.05, 0) is 47.5 Å². The van der Waals surface area contributed by atoms with E-state index in [4.69, 9.17) is 9.47 Å². The summed E-state index contributed by atoms with van der Waals surface area (Å²) >= 11 is 3.42. The molecule has 138 valence electrons. The van der Waals surface area contributed by atoms with E-state index in [9.17, 15) is 4.79 Å². The van der Waals surface area contributed by atoms with Crippen LogP contribution in [0.4, 0.5) is 5.69 Å². The van der Waals surface area contributed by atoms with Crippen molar-refractivity contribution in [2.24, 2.45) is 5.10 Å². The third-order valence-corrected chi connectivity index (χ3v) is 4.41. The van der Waals surface area contributed by atoms with E-state index in [1.807, 2.05) is 37.3 Å². The predicted octanol–water partition coefficient (Wildman–Crippen LogP) is 3.73. The van der Waals surface area contributed by atoms with E-state index in [1.54, 1.807) is 27.2 Å². The molecule has 2 aromatic carbocycles. The molecule has 1 unspecified atom stereocenters. The molecule has 2 aromatic rings. The summed E-state index contributed by atoms with van der Waals surface area (Å²) in [7, 11) is 3.14. The lowest BCUT2D eigenvalue weighted by atomic mass is 10.2. The van der Waals surface area contributed by atoms with E-state index in [1.165, 1.54) is 6.21 Å². The van der Waals surface area contributed by atoms with Crippen LogP contribution in [0.3, 0.4) is 0 Å². The first-order valence-electron chi connectivity index (χ1n) is 8.03. The lowest BCUT2D eigenvalue weighted by Gasteiger charge is -2.15. The van der Waals surface area contributed by atoms with Gasteiger partial charge in [-0.3, -0.25) is 4.79 Å². The van der Waals surface area contributed by atoms with Gasteiger partial charge in [0.2, 0.25) is 0 Å². The summed E-state index contributed by atoms with van der Waals surface area (Å²) in [5.41, 5.74) is 5.23. The van der Waals surface area contributed by atoms with E-state index in [-0.39, 0.29) is 5.91 Å². The fourth-order valence-electron chi connectivity index (χ4n) is 2.28. The zero-order valence-electron chi connectivity index (χ0n) is 15.2. The first-order valence-corrected chi connectivity index (χ1v) is 8.82. The van der Waals surface area contributed by atoms with Gasteiger partial charge in [-0.25, -0.2) is 5.43 Å². The minimum Gasteiger partial charge on any atom is -0.496 e. The molecule has 2 N–H and O–H groups in total. The maximum absolute atomic E-state index is 12.2. The summed E-state index contributed by atoms with van der Waals surface area (Å²) in [4.78, 5) is 12.2. The molecule has 0 spiro atoms. The van der Waals surface area contributed by atoms with Gasteiger partial charge >= 0.3 is 0 Å². The van der Waals surface area contributed by atoms with Crippen molar-refractivity contribution in [3.63, 3.8) is 0 Å². The molecule has 0 heterocycles. The highest BCUT2D eigenvalue weighted by atomic mass is 79.9. The SMILES string of the molecule is COc1cc(OC)c(/C=N/NC(=O)C(C)Nc2ccccc2C)cc1Br. The van der Waals surface area contributed by atoms with E-state index in [0.29, 0.717) is 17.1 Å². The second-order valence-electron chi connectivity index (χ2n) is 5.64. The van der Waals surface area contributed by atoms with Crippen molar-refractivity contribution in [2.75, 3.05) is 19.5 Å². The molecular weight excluding hydrogens is 398 g/mol. The number of carbonyl (C=O) groups excluding carboxylic acids is 1. The normalized spacial score (nSPS) is 11.9. The number of ether oxygens (including phenoxy) is 2. The number of benzene rings is 2. The molecule has 0 saturated heterocycles. The second-order valence-corrected chi connectivity index (χ2v) is 6.50. The van der Waals surface area contributed by atoms with Crippen LogP contribution in [0.25, 0.3) is 0 Å².